The van der Waals surface area contributed by atoms with E-state index in [0.717, 1.165) is 91.1 Å². The predicted molar refractivity (Wildman–Crippen MR) is 194 cm³/mol. The van der Waals surface area contributed by atoms with Gasteiger partial charge < -0.3 is 19.8 Å². The van der Waals surface area contributed by atoms with Crippen LogP contribution in [0, 0.1) is 0 Å². The second-order valence-electron chi connectivity index (χ2n) is 13.4. The number of thioether (sulfide) groups is 1. The summed E-state index contributed by atoms with van der Waals surface area (Å²) in [5, 5.41) is 22.0. The molecule has 2 N–H and O–H groups in total. The first kappa shape index (κ1) is 33.3. The Labute approximate surface area is 298 Å². The smallest absolute Gasteiger partial charge is 0.337 e. The fourth-order valence-electron chi connectivity index (χ4n) is 8.11. The van der Waals surface area contributed by atoms with E-state index in [1.54, 1.807) is 0 Å². The number of benzene rings is 3. The van der Waals surface area contributed by atoms with Gasteiger partial charge in [-0.25, -0.2) is 9.37 Å². The van der Waals surface area contributed by atoms with E-state index in [9.17, 15) is 19.8 Å². The molecule has 7 nitrogen and oxygen atoms in total. The Morgan fingerprint density at radius 1 is 1.00 bits per heavy atom. The van der Waals surface area contributed by atoms with Crippen molar-refractivity contribution in [3.63, 3.8) is 0 Å². The average molecular weight is 727 g/mol. The van der Waals surface area contributed by atoms with Crippen molar-refractivity contribution in [3.8, 4) is 11.5 Å². The molecule has 11 heteroatoms. The molecular formula is C37H36Cl3N2O5S+. The minimum absolute atomic E-state index is 0.0494. The van der Waals surface area contributed by atoms with Crippen molar-refractivity contribution in [2.45, 2.75) is 70.2 Å². The van der Waals surface area contributed by atoms with E-state index in [-0.39, 0.29) is 42.4 Å². The quantitative estimate of drug-likeness (QED) is 0.120. The largest absolute Gasteiger partial charge is 0.481 e. The average Bonchev–Trinajstić information content (AvgIpc) is 3.24. The molecule has 0 aromatic heterocycles. The summed E-state index contributed by atoms with van der Waals surface area (Å²) in [6.45, 7) is 11.3. The number of allylic oxidation sites excluding steroid dienone is 1. The lowest BCUT2D eigenvalue weighted by Crippen LogP contribution is -2.45. The highest BCUT2D eigenvalue weighted by Crippen LogP contribution is 2.51. The van der Waals surface area contributed by atoms with Crippen LogP contribution in [0.15, 0.2) is 29.2 Å². The third kappa shape index (κ3) is 5.22. The molecule has 0 spiro atoms. The lowest BCUT2D eigenvalue weighted by molar-refractivity contribution is -0.133. The maximum absolute atomic E-state index is 13.1. The minimum Gasteiger partial charge on any atom is -0.481 e. The van der Waals surface area contributed by atoms with Crippen LogP contribution < -0.4 is 24.8 Å². The third-order valence-corrected chi connectivity index (χ3v) is 12.5. The van der Waals surface area contributed by atoms with E-state index < -0.39 is 11.9 Å². The van der Waals surface area contributed by atoms with Gasteiger partial charge in [-0.05, 0) is 64.7 Å². The monoisotopic (exact) mass is 725 g/mol. The van der Waals surface area contributed by atoms with Crippen LogP contribution in [-0.2, 0) is 17.6 Å². The molecule has 0 saturated carbocycles. The molecule has 0 bridgehead atoms. The molecule has 7 rings (SSSR count). The number of aliphatic carboxylic acids is 1. The fourth-order valence-corrected chi connectivity index (χ4v) is 10.0. The lowest BCUT2D eigenvalue weighted by atomic mass is 9.83. The number of hydrogen-bond acceptors (Lipinski definition) is 5. The number of aromatic carboxylic acids is 1. The minimum atomic E-state index is -1.29. The third-order valence-electron chi connectivity index (χ3n) is 9.95. The highest BCUT2D eigenvalue weighted by atomic mass is 35.5. The molecule has 0 radical (unpaired) electrons. The molecule has 0 saturated heterocycles. The molecule has 4 aliphatic rings. The number of halogens is 3. The van der Waals surface area contributed by atoms with Crippen LogP contribution in [0.4, 0.5) is 5.69 Å². The summed E-state index contributed by atoms with van der Waals surface area (Å²) in [5.41, 5.74) is 6.48. The van der Waals surface area contributed by atoms with Crippen LogP contribution in [0.3, 0.4) is 0 Å². The second kappa shape index (κ2) is 12.3. The van der Waals surface area contributed by atoms with Gasteiger partial charge in [0.05, 0.1) is 37.5 Å². The number of rotatable bonds is 6. The zero-order valence-corrected chi connectivity index (χ0v) is 30.3. The zero-order valence-electron chi connectivity index (χ0n) is 27.2. The summed E-state index contributed by atoms with van der Waals surface area (Å²) in [5.74, 6) is -1.39. The molecule has 250 valence electrons. The number of fused-ring (bicyclic) bond motifs is 4. The Bertz CT molecular complexity index is 2120. The van der Waals surface area contributed by atoms with E-state index in [0.29, 0.717) is 22.6 Å². The molecule has 0 unspecified atom stereocenters. The number of carboxylic acids is 2. The Balaban J connectivity index is 1.67. The number of anilines is 1. The molecule has 3 aromatic carbocycles. The van der Waals surface area contributed by atoms with Gasteiger partial charge >= 0.3 is 11.9 Å². The first-order chi connectivity index (χ1) is 22.8. The molecule has 0 fully saturated rings. The van der Waals surface area contributed by atoms with Gasteiger partial charge in [0.1, 0.15) is 24.6 Å². The molecule has 4 heterocycles. The van der Waals surface area contributed by atoms with E-state index >= 15 is 0 Å². The summed E-state index contributed by atoms with van der Waals surface area (Å²) < 4.78 is 9.45. The Hall–Kier alpha value is -3.17. The molecular weight excluding hydrogens is 691 g/mol. The van der Waals surface area contributed by atoms with Gasteiger partial charge in [0, 0.05) is 69.1 Å². The number of aryl methyl sites for hydroxylation is 1. The molecule has 48 heavy (non-hydrogen) atoms. The number of hydrogen-bond donors (Lipinski definition) is 2. The fraction of sp³-hybridized carbons (Fsp3) is 0.378. The van der Waals surface area contributed by atoms with Crippen LogP contribution in [0.5, 0.6) is 11.5 Å². The van der Waals surface area contributed by atoms with E-state index in [4.69, 9.17) is 39.5 Å². The molecule has 3 aromatic rings. The van der Waals surface area contributed by atoms with E-state index in [1.807, 2.05) is 0 Å². The van der Waals surface area contributed by atoms with Gasteiger partial charge in [-0.15, -0.1) is 11.8 Å². The van der Waals surface area contributed by atoms with Crippen LogP contribution in [0.1, 0.15) is 85.1 Å². The van der Waals surface area contributed by atoms with Gasteiger partial charge in [-0.1, -0.05) is 40.9 Å². The maximum Gasteiger partial charge on any atom is 0.337 e. The van der Waals surface area contributed by atoms with Gasteiger partial charge in [-0.2, -0.15) is 0 Å². The number of likely N-dealkylation sites (N-methyl/N-ethyl adjacent to an activating group) is 1. The van der Waals surface area contributed by atoms with Crippen molar-refractivity contribution in [1.82, 2.24) is 4.58 Å². The number of carbonyl (C=O) groups is 2. The molecule has 0 amide bonds. The van der Waals surface area contributed by atoms with Crippen molar-refractivity contribution in [1.29, 1.82) is 0 Å². The number of carboxylic acid groups (broad SMARTS) is 2. The molecule has 0 atom stereocenters. The van der Waals surface area contributed by atoms with Crippen molar-refractivity contribution in [2.24, 2.45) is 0 Å². The summed E-state index contributed by atoms with van der Waals surface area (Å²) >= 11 is 21.6. The number of nitrogens with zero attached hydrogens (tertiary/aromatic N) is 2. The first-order valence-electron chi connectivity index (χ1n) is 16.3. The maximum atomic E-state index is 13.1. The Morgan fingerprint density at radius 2 is 1.75 bits per heavy atom. The second-order valence-corrected chi connectivity index (χ2v) is 15.5. The highest BCUT2D eigenvalue weighted by molar-refractivity contribution is 8.00. The Morgan fingerprint density at radius 3 is 2.46 bits per heavy atom. The summed E-state index contributed by atoms with van der Waals surface area (Å²) in [6.07, 6.45) is 7.06. The van der Waals surface area contributed by atoms with Crippen LogP contribution >= 0.6 is 46.6 Å². The Kier molecular flexibility index (Phi) is 8.55. The van der Waals surface area contributed by atoms with Gasteiger partial charge in [-0.3, -0.25) is 4.79 Å². The van der Waals surface area contributed by atoms with Crippen molar-refractivity contribution in [3.05, 3.63) is 83.3 Å². The topological polar surface area (TPSA) is 90.1 Å². The van der Waals surface area contributed by atoms with Crippen LogP contribution in [0.2, 0.25) is 15.1 Å². The van der Waals surface area contributed by atoms with Gasteiger partial charge in [0.2, 0.25) is 5.36 Å². The van der Waals surface area contributed by atoms with Crippen LogP contribution in [0.25, 0.3) is 11.1 Å². The highest BCUT2D eigenvalue weighted by Gasteiger charge is 2.37. The zero-order chi connectivity index (χ0) is 34.2. The van der Waals surface area contributed by atoms with Gasteiger partial charge in [0.25, 0.3) is 0 Å². The van der Waals surface area contributed by atoms with Crippen molar-refractivity contribution in [2.75, 3.05) is 30.3 Å². The first-order valence-corrected chi connectivity index (χ1v) is 18.4. The standard InChI is InChI=1S/C37H35Cl3N2O5S/c1-5-42-24-15-25-22(14-21(24)18(2)16-37(42,3)4)27(28-29(36(45)46)30(38)32(40)35(31(28)39)48-17-26(43)44)23-13-19-9-6-7-11-41-12-8-10-20(33(19)41)34(23)47-25/h13-16H,5-12,17H2,1-4H3,(H-,43,44,45,46)/p+1. The summed E-state index contributed by atoms with van der Waals surface area (Å²) in [7, 11) is 0. The van der Waals surface area contributed by atoms with Crippen molar-refractivity contribution < 1.29 is 24.5 Å². The van der Waals surface area contributed by atoms with Gasteiger partial charge in [0.15, 0.2) is 0 Å². The normalized spacial score (nSPS) is 17.4. The SMILES string of the molecule is CCN1c2cc3c(cc2C(C)=CC1(C)C)C(c1c(Cl)c(SCC(=O)O)c(Cl)c(Cl)c1C(=O)O)=c1cc2c4c(c1O3)CCC[N+]=4CCCC2. The molecule has 4 aliphatic heterocycles. The lowest BCUT2D eigenvalue weighted by Gasteiger charge is -2.43. The summed E-state index contributed by atoms with van der Waals surface area (Å²) in [4.78, 5) is 27.3. The van der Waals surface area contributed by atoms with E-state index in [1.165, 1.54) is 10.9 Å². The van der Waals surface area contributed by atoms with E-state index in [2.05, 4.69) is 61.4 Å². The van der Waals surface area contributed by atoms with Crippen LogP contribution in [-0.4, -0.2) is 53.1 Å². The van der Waals surface area contributed by atoms with Crippen molar-refractivity contribution >= 4 is 75.3 Å². The summed E-state index contributed by atoms with van der Waals surface area (Å²) in [6, 6.07) is 6.29. The number of ether oxygens (including phenoxy) is 1. The predicted octanol–water partition coefficient (Wildman–Crippen LogP) is 7.67. The molecule has 0 aliphatic carbocycles.